The maximum atomic E-state index is 12.1. The fourth-order valence-electron chi connectivity index (χ4n) is 13.9. The Hall–Kier alpha value is 5.28. The average Bonchev–Trinajstić information content (AvgIpc) is 0.769. The number of hydrogen-bond donors (Lipinski definition) is 16. The van der Waals surface area contributed by atoms with Crippen molar-refractivity contribution in [3.63, 3.8) is 0 Å². The predicted octanol–water partition coefficient (Wildman–Crippen LogP) is -45.4. The molecule has 30 heterocycles. The van der Waals surface area contributed by atoms with Crippen molar-refractivity contribution < 1.29 is 473 Å². The van der Waals surface area contributed by atoms with Gasteiger partial charge in [-0.05, 0) is 0 Å². The van der Waals surface area contributed by atoms with E-state index in [1.54, 1.807) is 0 Å². The van der Waals surface area contributed by atoms with Gasteiger partial charge in [0.2, 0.25) is 0 Å². The van der Waals surface area contributed by atoms with Crippen molar-refractivity contribution in [2.45, 2.75) is 246 Å². The van der Waals surface area contributed by atoms with Crippen LogP contribution in [0.5, 0.6) is 0 Å². The van der Waals surface area contributed by atoms with E-state index in [0.29, 0.717) is 94.1 Å². The Kier molecular flexibility index (Phi) is 65.3. The quantitative estimate of drug-likeness (QED) is 0.0278. The summed E-state index contributed by atoms with van der Waals surface area (Å²) < 4.78 is 97.0. The Bertz CT molecular complexity index is 2740. The number of aliphatic hydroxyl groups excluding tert-OH is 16. The maximum Gasteiger partial charge on any atom is 1.00 e. The van der Waals surface area contributed by atoms with Gasteiger partial charge < -0.3 is 237 Å². The van der Waals surface area contributed by atoms with Crippen molar-refractivity contribution in [3.8, 4) is 0 Å². The van der Waals surface area contributed by atoms with Gasteiger partial charge in [-0.15, -0.1) is 0 Å². The van der Waals surface area contributed by atoms with Crippen LogP contribution in [-0.2, 0) is 114 Å². The van der Waals surface area contributed by atoms with E-state index in [-0.39, 0.29) is 236 Å². The molecule has 0 unspecified atom stereocenters. The first-order valence-corrected chi connectivity index (χ1v) is 45.6. The number of hydrogen-bond acceptors (Lipinski definition) is 56. The molecule has 30 rings (SSSR count). The third-order valence-electron chi connectivity index (χ3n) is 19.5. The van der Waals surface area contributed by atoms with Crippen molar-refractivity contribution in [1.82, 2.24) is 0 Å². The molecule has 30 aliphatic heterocycles. The van der Waals surface area contributed by atoms with Crippen LogP contribution in [0.25, 0.3) is 0 Å². The molecule has 40 atom stereocenters. The van der Waals surface area contributed by atoms with E-state index >= 15 is 0 Å². The molecule has 0 spiro atoms. The topological polar surface area (TPSA) is 792 Å². The summed E-state index contributed by atoms with van der Waals surface area (Å²) >= 11 is 4.18. The van der Waals surface area contributed by atoms with Gasteiger partial charge in [0.1, 0.15) is 146 Å². The number of aliphatic hydroxyl groups is 16. The zero-order chi connectivity index (χ0) is 88.0. The molecule has 16 bridgehead atoms. The van der Waals surface area contributed by atoms with Crippen LogP contribution >= 0.6 is 94.1 Å². The molecule has 0 aromatic rings. The Morgan fingerprint density at radius 3 is 0.328 bits per heavy atom. The Morgan fingerprint density at radius 1 is 0.164 bits per heavy atom. The fourth-order valence-corrected chi connectivity index (χ4v) is 20.1. The maximum absolute atomic E-state index is 12.1. The molecule has 16 N–H and O–H groups in total. The minimum atomic E-state index is -2.43. The number of thioether (sulfide) groups is 8. The van der Waals surface area contributed by atoms with Crippen molar-refractivity contribution in [2.24, 2.45) is 0 Å². The molecule has 30 fully saturated rings. The molecular weight excluding hydrogens is 1980 g/mol. The first kappa shape index (κ1) is 131. The molecule has 30 saturated heterocycles. The second-order valence-corrected chi connectivity index (χ2v) is 36.3. The molecule has 30 aliphatic rings. The molecule has 688 valence electrons. The van der Waals surface area contributed by atoms with Gasteiger partial charge in [-0.25, -0.2) is 0 Å². The molecule has 0 saturated carbocycles. The molecule has 0 aromatic carbocycles. The van der Waals surface area contributed by atoms with Gasteiger partial charge in [-0.1, -0.05) is 0 Å². The molecule has 0 radical (unpaired) electrons. The minimum absolute atomic E-state index is 0. The zero-order valence-corrected chi connectivity index (χ0v) is 92.4. The number of ether oxygens (including phenoxy) is 16. The summed E-state index contributed by atoms with van der Waals surface area (Å²) in [6, 6.07) is 0. The van der Waals surface area contributed by atoms with Crippen LogP contribution in [0.2, 0.25) is 0 Å². The Labute approximate surface area is 939 Å². The number of carbonyl (C=O) groups excluding carboxylic acids is 8. The van der Waals surface area contributed by atoms with Crippen LogP contribution in [0, 0.1) is 0 Å². The summed E-state index contributed by atoms with van der Waals surface area (Å²) in [5, 5.41) is 286. The molecule has 48 nitrogen and oxygen atoms in total. The van der Waals surface area contributed by atoms with Gasteiger partial charge in [0.25, 0.3) is 0 Å². The van der Waals surface area contributed by atoms with Crippen LogP contribution in [-0.4, -0.2) is 467 Å². The number of carboxylic acids is 8. The van der Waals surface area contributed by atoms with E-state index in [4.69, 9.17) is 75.8 Å². The van der Waals surface area contributed by atoms with E-state index in [9.17, 15) is 161 Å². The fraction of sp³-hybridized carbons (Fsp3) is 0.875. The number of carbonyl (C=O) groups is 8. The molecule has 0 aromatic heterocycles. The smallest absolute Gasteiger partial charge is 0.549 e. The van der Waals surface area contributed by atoms with Crippen LogP contribution < -0.4 is 277 Å². The Morgan fingerprint density at radius 2 is 0.250 bits per heavy atom. The van der Waals surface area contributed by atoms with E-state index in [1.807, 2.05) is 0 Å². The van der Waals surface area contributed by atoms with Crippen molar-refractivity contribution in [2.75, 3.05) is 92.0 Å². The van der Waals surface area contributed by atoms with Crippen LogP contribution in [0.3, 0.4) is 0 Å². The molecule has 0 amide bonds. The molecule has 128 heavy (non-hydrogen) atoms. The summed E-state index contributed by atoms with van der Waals surface area (Å²) in [7, 11) is 0. The minimum Gasteiger partial charge on any atom is -0.549 e. The largest absolute Gasteiger partial charge is 1.00 e. The summed E-state index contributed by atoms with van der Waals surface area (Å²) in [5.41, 5.74) is 0. The van der Waals surface area contributed by atoms with Gasteiger partial charge in [0.15, 0.2) is 50.3 Å². The first-order valence-electron chi connectivity index (χ1n) is 36.3. The van der Waals surface area contributed by atoms with Crippen molar-refractivity contribution in [3.05, 3.63) is 0 Å². The second kappa shape index (κ2) is 63.6. The summed E-state index contributed by atoms with van der Waals surface area (Å²) in [6.07, 6.45) is -87.4. The average molecular weight is 2070 g/mol. The van der Waals surface area contributed by atoms with E-state index in [2.05, 4.69) is 0 Å². The summed E-state index contributed by atoms with van der Waals surface area (Å²) in [4.78, 5) is 94.3. The Balaban J connectivity index is 0.0000102. The van der Waals surface area contributed by atoms with Gasteiger partial charge in [0.05, 0.1) is 96.6 Å². The number of aliphatic carboxylic acids is 8. The summed E-state index contributed by atoms with van der Waals surface area (Å²) in [5.74, 6) is -24.8. The standard InChI is InChI=1S/C64H96O48S8.8Na/c65-25(66)9-113-1-17-49-33(81)41(89)57(97-17)106-50-18(2-114-10-26(67)68)99-59(43(91)35(50)83)108-52-20(4-116-12-28(71)72)101-61(45(93)37(52)85)110-54-22(6-118-14-30(75)76)103-63(47(95)39(54)87)112-56-24(8-120-16-32(79)80)104-64(48(96)40(56)88)111-55-23(7-119-15-31(77)78)102-62(46(94)38(55)86)109-53-21(5-117-13-29(73)74)100-60(44(92)36(53)84)107-51-19(3-115-11-27(69)70)98-58(105-49)42(90)34(51)82;;;;;;;;/h17-24,33-64,81-96H,1-16H2,(H,65,66)(H,67,68)(H,69,70)(H,71,72)(H,73,74)(H,75,76)(H,77,78)(H,79,80);;;;;;;;/q;8*+1/p-8/t17-,18-,19-,20-,21-,22-,23-,24-,33-,34-,35-,36-,37-,38-,39-,40-,41-,42-,43-,44-,45-,46-,47-,48-,49-,50-,51-,52-,53-,54-,55-,56-,57-,58-,59-,60-,61-,62-,63-,64-;;;;;;;;/m1......../s1. The van der Waals surface area contributed by atoms with Crippen LogP contribution in [0.15, 0.2) is 0 Å². The zero-order valence-electron chi connectivity index (χ0n) is 69.9. The van der Waals surface area contributed by atoms with E-state index in [0.717, 1.165) is 0 Å². The monoisotopic (exact) mass is 2060 g/mol. The number of carboxylic acid groups (broad SMARTS) is 8. The van der Waals surface area contributed by atoms with Crippen LogP contribution in [0.4, 0.5) is 0 Å². The second-order valence-electron chi connectivity index (χ2n) is 28.1. The van der Waals surface area contributed by atoms with Gasteiger partial charge in [-0.2, -0.15) is 94.1 Å². The van der Waals surface area contributed by atoms with Crippen molar-refractivity contribution in [1.29, 1.82) is 0 Å². The molecule has 0 aliphatic carbocycles. The third kappa shape index (κ3) is 37.0. The molecular formula is C64H88Na8O48S8. The predicted molar refractivity (Wildman–Crippen MR) is 383 cm³/mol. The van der Waals surface area contributed by atoms with Crippen LogP contribution in [0.1, 0.15) is 0 Å². The van der Waals surface area contributed by atoms with Crippen molar-refractivity contribution >= 4 is 142 Å². The van der Waals surface area contributed by atoms with E-state index in [1.165, 1.54) is 0 Å². The number of rotatable bonds is 32. The summed E-state index contributed by atoms with van der Waals surface area (Å²) in [6.45, 7) is 0. The molecule has 64 heteroatoms. The van der Waals surface area contributed by atoms with Gasteiger partial charge in [-0.3, -0.25) is 0 Å². The normalized spacial score (nSPS) is 40.8. The SMILES string of the molecule is O=C([O-])CSC[C@H]1O[C@@H]2O[C@H]3[C@H](O)[C@@H](O)[C@@H](O[C@H]4[C@H](O)[C@@H](O)[C@@H](O[C@H]5[C@H](O)[C@@H](O)[C@@H](O[C@H]6[C@H](O)[C@@H](O)[C@@H](O[C@H]7[C@H](O)[C@@H](O)[C@@H](O[C@H]8[C@H](O)[C@@H](O)[C@@H](O[C@H]9[C@H](O)[C@@H](O)[C@@H](O[C@H]1[C@H](O)[C@H]2O)O[C@@H]9CSCC(=O)[O-])O[C@@H]8CSCC(=O)[O-])O[C@@H]7CSCC(=O)[O-])O[C@@H]6CSCC(=O)[O-])O[C@@H]5CSCC(=O)[O-])O[C@@H]4CSCC(=O)[O-])O[C@@H]3CSCC(=O)[O-].[Na+].[Na+].[Na+].[Na+].[Na+].[Na+].[Na+].[Na+]. The van der Waals surface area contributed by atoms with E-state index < -0.39 is 385 Å². The van der Waals surface area contributed by atoms with Gasteiger partial charge in [0, 0.05) is 92.0 Å². The first-order chi connectivity index (χ1) is 56.7. The van der Waals surface area contributed by atoms with Gasteiger partial charge >= 0.3 is 236 Å². The third-order valence-corrected chi connectivity index (χ3v) is 27.5.